The van der Waals surface area contributed by atoms with Crippen LogP contribution in [0.1, 0.15) is 34.0 Å². The zero-order chi connectivity index (χ0) is 15.2. The average Bonchev–Trinajstić information content (AvgIpc) is 2.97. The van der Waals surface area contributed by atoms with Crippen molar-refractivity contribution in [1.29, 1.82) is 0 Å². The number of hydrogen-bond donors (Lipinski definition) is 1. The first-order valence-corrected chi connectivity index (χ1v) is 6.84. The average molecular weight is 297 g/mol. The second-order valence-electron chi connectivity index (χ2n) is 4.82. The lowest BCUT2D eigenvalue weighted by molar-refractivity contribution is -0.0127. The fraction of sp³-hybridized carbons (Fsp3) is 0.571. The van der Waals surface area contributed by atoms with Crippen LogP contribution in [0, 0.1) is 0 Å². The van der Waals surface area contributed by atoms with Gasteiger partial charge in [0.25, 0.3) is 5.91 Å². The Kier molecular flexibility index (Phi) is 5.35. The maximum Gasteiger partial charge on any atom is 0.371 e. The summed E-state index contributed by atoms with van der Waals surface area (Å²) in [6.45, 7) is 2.25. The van der Waals surface area contributed by atoms with Gasteiger partial charge >= 0.3 is 5.97 Å². The lowest BCUT2D eigenvalue weighted by atomic mass is 10.1. The van der Waals surface area contributed by atoms with E-state index < -0.39 is 5.97 Å². The molecule has 7 nitrogen and oxygen atoms in total. The number of aromatic carboxylic acids is 1. The summed E-state index contributed by atoms with van der Waals surface area (Å²) in [6.07, 6.45) is 1.64. The molecule has 1 amide bonds. The summed E-state index contributed by atoms with van der Waals surface area (Å²) in [7, 11) is 1.62. The van der Waals surface area contributed by atoms with E-state index in [1.165, 1.54) is 12.1 Å². The molecule has 116 valence electrons. The molecular weight excluding hydrogens is 278 g/mol. The third-order valence-corrected chi connectivity index (χ3v) is 3.40. The SMILES string of the molecule is COCCOC1CCN(C(=O)c2ccc(C(=O)O)o2)CC1. The molecule has 7 heteroatoms. The summed E-state index contributed by atoms with van der Waals surface area (Å²) in [6, 6.07) is 2.68. The summed E-state index contributed by atoms with van der Waals surface area (Å²) < 4.78 is 15.6. The molecule has 1 aromatic rings. The van der Waals surface area contributed by atoms with Crippen LogP contribution in [0.3, 0.4) is 0 Å². The van der Waals surface area contributed by atoms with Crippen LogP contribution in [0.5, 0.6) is 0 Å². The van der Waals surface area contributed by atoms with E-state index in [0.29, 0.717) is 26.3 Å². The Morgan fingerprint density at radius 3 is 2.52 bits per heavy atom. The number of ether oxygens (including phenoxy) is 2. The summed E-state index contributed by atoms with van der Waals surface area (Å²) in [5.74, 6) is -1.63. The number of hydrogen-bond acceptors (Lipinski definition) is 5. The van der Waals surface area contributed by atoms with Crippen LogP contribution < -0.4 is 0 Å². The van der Waals surface area contributed by atoms with Crippen LogP contribution in [0.2, 0.25) is 0 Å². The van der Waals surface area contributed by atoms with E-state index in [2.05, 4.69) is 0 Å². The Balaban J connectivity index is 1.83. The molecule has 1 fully saturated rings. The number of carboxylic acid groups (broad SMARTS) is 1. The van der Waals surface area contributed by atoms with Gasteiger partial charge in [0.1, 0.15) is 0 Å². The van der Waals surface area contributed by atoms with Crippen molar-refractivity contribution in [2.24, 2.45) is 0 Å². The van der Waals surface area contributed by atoms with Crippen molar-refractivity contribution >= 4 is 11.9 Å². The highest BCUT2D eigenvalue weighted by Crippen LogP contribution is 2.17. The van der Waals surface area contributed by atoms with Gasteiger partial charge in [-0.05, 0) is 25.0 Å². The van der Waals surface area contributed by atoms with Gasteiger partial charge in [0, 0.05) is 20.2 Å². The van der Waals surface area contributed by atoms with E-state index in [1.54, 1.807) is 12.0 Å². The Morgan fingerprint density at radius 2 is 1.95 bits per heavy atom. The number of likely N-dealkylation sites (tertiary alicyclic amines) is 1. The van der Waals surface area contributed by atoms with Crippen molar-refractivity contribution in [2.75, 3.05) is 33.4 Å². The lowest BCUT2D eigenvalue weighted by Crippen LogP contribution is -2.41. The zero-order valence-electron chi connectivity index (χ0n) is 11.9. The molecule has 21 heavy (non-hydrogen) atoms. The molecule has 1 saturated heterocycles. The van der Waals surface area contributed by atoms with Crippen LogP contribution >= 0.6 is 0 Å². The quantitative estimate of drug-likeness (QED) is 0.795. The number of carbonyl (C=O) groups excluding carboxylic acids is 1. The van der Waals surface area contributed by atoms with Gasteiger partial charge in [-0.25, -0.2) is 4.79 Å². The molecule has 2 rings (SSSR count). The second-order valence-corrected chi connectivity index (χ2v) is 4.82. The standard InChI is InChI=1S/C14H19NO6/c1-19-8-9-20-10-4-6-15(7-5-10)13(16)11-2-3-12(21-11)14(17)18/h2-3,10H,4-9H2,1H3,(H,17,18). The van der Waals surface area contributed by atoms with E-state index in [4.69, 9.17) is 19.0 Å². The number of methoxy groups -OCH3 is 1. The fourth-order valence-electron chi connectivity index (χ4n) is 2.25. The maximum atomic E-state index is 12.2. The predicted octanol–water partition coefficient (Wildman–Crippen LogP) is 1.25. The van der Waals surface area contributed by atoms with Gasteiger partial charge in [-0.3, -0.25) is 4.79 Å². The third kappa shape index (κ3) is 4.05. The predicted molar refractivity (Wildman–Crippen MR) is 72.4 cm³/mol. The van der Waals surface area contributed by atoms with E-state index in [9.17, 15) is 9.59 Å². The first kappa shape index (κ1) is 15.5. The molecule has 0 aromatic carbocycles. The number of carbonyl (C=O) groups is 2. The molecule has 0 atom stereocenters. The molecule has 1 aromatic heterocycles. The Hall–Kier alpha value is -1.86. The summed E-state index contributed by atoms with van der Waals surface area (Å²) in [4.78, 5) is 24.6. The minimum absolute atomic E-state index is 0.0613. The monoisotopic (exact) mass is 297 g/mol. The highest BCUT2D eigenvalue weighted by Gasteiger charge is 2.26. The molecule has 1 N–H and O–H groups in total. The summed E-state index contributed by atoms with van der Waals surface area (Å²) >= 11 is 0. The number of piperidine rings is 1. The summed E-state index contributed by atoms with van der Waals surface area (Å²) in [5.41, 5.74) is 0. The van der Waals surface area contributed by atoms with Crippen LogP contribution in [0.25, 0.3) is 0 Å². The largest absolute Gasteiger partial charge is 0.475 e. The van der Waals surface area contributed by atoms with Gasteiger partial charge in [-0.1, -0.05) is 0 Å². The minimum Gasteiger partial charge on any atom is -0.475 e. The molecule has 2 heterocycles. The maximum absolute atomic E-state index is 12.2. The number of rotatable bonds is 6. The molecule has 0 bridgehead atoms. The second kappa shape index (κ2) is 7.24. The molecule has 0 spiro atoms. The number of nitrogens with zero attached hydrogens (tertiary/aromatic N) is 1. The zero-order valence-corrected chi connectivity index (χ0v) is 11.9. The van der Waals surface area contributed by atoms with E-state index in [0.717, 1.165) is 12.8 Å². The van der Waals surface area contributed by atoms with Crippen LogP contribution in [0.4, 0.5) is 0 Å². The van der Waals surface area contributed by atoms with Gasteiger partial charge in [-0.15, -0.1) is 0 Å². The van der Waals surface area contributed by atoms with Crippen molar-refractivity contribution in [1.82, 2.24) is 4.90 Å². The van der Waals surface area contributed by atoms with Gasteiger partial charge in [0.05, 0.1) is 19.3 Å². The highest BCUT2D eigenvalue weighted by molar-refractivity contribution is 5.93. The topological polar surface area (TPSA) is 89.2 Å². The van der Waals surface area contributed by atoms with Crippen molar-refractivity contribution in [3.63, 3.8) is 0 Å². The molecule has 0 saturated carbocycles. The molecule has 0 unspecified atom stereocenters. The first-order chi connectivity index (χ1) is 10.1. The smallest absolute Gasteiger partial charge is 0.371 e. The number of amides is 1. The molecule has 0 aliphatic carbocycles. The van der Waals surface area contributed by atoms with Gasteiger partial charge < -0.3 is 23.9 Å². The van der Waals surface area contributed by atoms with Crippen LogP contribution in [0.15, 0.2) is 16.5 Å². The number of carboxylic acids is 1. The molecule has 1 aliphatic heterocycles. The Labute approximate surface area is 122 Å². The molecule has 1 aliphatic rings. The molecular formula is C14H19NO6. The van der Waals surface area contributed by atoms with Gasteiger partial charge in [0.2, 0.25) is 5.76 Å². The van der Waals surface area contributed by atoms with Crippen molar-refractivity contribution in [3.05, 3.63) is 23.7 Å². The van der Waals surface area contributed by atoms with E-state index in [-0.39, 0.29) is 23.5 Å². The van der Waals surface area contributed by atoms with Gasteiger partial charge in [0.15, 0.2) is 5.76 Å². The van der Waals surface area contributed by atoms with Crippen LogP contribution in [-0.4, -0.2) is 61.4 Å². The fourth-order valence-corrected chi connectivity index (χ4v) is 2.25. The van der Waals surface area contributed by atoms with Crippen molar-refractivity contribution < 1.29 is 28.6 Å². The Morgan fingerprint density at radius 1 is 1.29 bits per heavy atom. The van der Waals surface area contributed by atoms with Crippen molar-refractivity contribution in [2.45, 2.75) is 18.9 Å². The first-order valence-electron chi connectivity index (χ1n) is 6.84. The Bertz CT molecular complexity index is 489. The summed E-state index contributed by atoms with van der Waals surface area (Å²) in [5, 5.41) is 8.78. The van der Waals surface area contributed by atoms with E-state index in [1.807, 2.05) is 0 Å². The minimum atomic E-state index is -1.18. The third-order valence-electron chi connectivity index (χ3n) is 3.40. The number of furan rings is 1. The highest BCUT2D eigenvalue weighted by atomic mass is 16.5. The molecule has 0 radical (unpaired) electrons. The van der Waals surface area contributed by atoms with E-state index >= 15 is 0 Å². The normalized spacial score (nSPS) is 16.1. The lowest BCUT2D eigenvalue weighted by Gasteiger charge is -2.31. The van der Waals surface area contributed by atoms with Crippen LogP contribution in [-0.2, 0) is 9.47 Å². The van der Waals surface area contributed by atoms with Gasteiger partial charge in [-0.2, -0.15) is 0 Å². The van der Waals surface area contributed by atoms with Crippen molar-refractivity contribution in [3.8, 4) is 0 Å².